The van der Waals surface area contributed by atoms with E-state index in [0.29, 0.717) is 22.6 Å². The maximum absolute atomic E-state index is 12.3. The van der Waals surface area contributed by atoms with Gasteiger partial charge in [0.2, 0.25) is 5.91 Å². The summed E-state index contributed by atoms with van der Waals surface area (Å²) in [7, 11) is 0. The Morgan fingerprint density at radius 3 is 2.44 bits per heavy atom. The third-order valence-electron chi connectivity index (χ3n) is 3.79. The van der Waals surface area contributed by atoms with E-state index >= 15 is 0 Å². The van der Waals surface area contributed by atoms with Gasteiger partial charge in [0.15, 0.2) is 5.03 Å². The molecule has 6 heteroatoms. The molecule has 0 atom stereocenters. The maximum Gasteiger partial charge on any atom is 0.252 e. The van der Waals surface area contributed by atoms with Gasteiger partial charge in [-0.05, 0) is 35.7 Å². The molecule has 0 aliphatic carbocycles. The van der Waals surface area contributed by atoms with Crippen LogP contribution in [0.2, 0.25) is 0 Å². The molecule has 1 aromatic heterocycles. The van der Waals surface area contributed by atoms with E-state index in [1.807, 2.05) is 54.6 Å². The van der Waals surface area contributed by atoms with Crippen LogP contribution in [-0.2, 0) is 4.79 Å². The highest BCUT2D eigenvalue weighted by Gasteiger charge is 2.11. The maximum atomic E-state index is 12.3. The first-order chi connectivity index (χ1) is 13.1. The zero-order valence-corrected chi connectivity index (χ0v) is 16.1. The number of amides is 1. The van der Waals surface area contributed by atoms with E-state index in [9.17, 15) is 4.79 Å². The molecule has 0 fully saturated rings. The van der Waals surface area contributed by atoms with Gasteiger partial charge in [-0.1, -0.05) is 55.9 Å². The molecular weight excluding hydrogens is 358 g/mol. The van der Waals surface area contributed by atoms with Gasteiger partial charge in [0.25, 0.3) is 5.88 Å². The molecule has 0 radical (unpaired) electrons. The minimum Gasteiger partial charge on any atom is -0.437 e. The highest BCUT2D eigenvalue weighted by atomic mass is 32.2. The summed E-state index contributed by atoms with van der Waals surface area (Å²) < 4.78 is 5.77. The molecule has 138 valence electrons. The SMILES string of the molecule is CC(C)c1ccc(NC(=O)CSc2nccnc2Oc2ccccc2)cc1. The first-order valence-electron chi connectivity index (χ1n) is 8.68. The summed E-state index contributed by atoms with van der Waals surface area (Å²) in [6, 6.07) is 17.3. The van der Waals surface area contributed by atoms with Gasteiger partial charge in [-0.2, -0.15) is 0 Å². The molecule has 1 heterocycles. The highest BCUT2D eigenvalue weighted by Crippen LogP contribution is 2.28. The lowest BCUT2D eigenvalue weighted by molar-refractivity contribution is -0.113. The number of thioether (sulfide) groups is 1. The minimum absolute atomic E-state index is 0.103. The van der Waals surface area contributed by atoms with Gasteiger partial charge in [-0.25, -0.2) is 9.97 Å². The average molecular weight is 379 g/mol. The zero-order valence-electron chi connectivity index (χ0n) is 15.3. The zero-order chi connectivity index (χ0) is 19.1. The molecule has 5 nitrogen and oxygen atoms in total. The fraction of sp³-hybridized carbons (Fsp3) is 0.190. The minimum atomic E-state index is -0.103. The predicted octanol–water partition coefficient (Wildman–Crippen LogP) is 5.12. The molecular formula is C21H21N3O2S. The van der Waals surface area contributed by atoms with E-state index in [0.717, 1.165) is 5.69 Å². The topological polar surface area (TPSA) is 64.1 Å². The van der Waals surface area contributed by atoms with Crippen molar-refractivity contribution >= 4 is 23.4 Å². The second-order valence-corrected chi connectivity index (χ2v) is 7.16. The van der Waals surface area contributed by atoms with Crippen LogP contribution in [0.15, 0.2) is 72.0 Å². The number of carbonyl (C=O) groups is 1. The van der Waals surface area contributed by atoms with Crippen molar-refractivity contribution in [2.75, 3.05) is 11.1 Å². The predicted molar refractivity (Wildman–Crippen MR) is 108 cm³/mol. The second kappa shape index (κ2) is 9.19. The number of hydrogen-bond acceptors (Lipinski definition) is 5. The third kappa shape index (κ3) is 5.56. The van der Waals surface area contributed by atoms with Crippen LogP contribution in [0.5, 0.6) is 11.6 Å². The Labute approximate surface area is 163 Å². The Morgan fingerprint density at radius 2 is 1.74 bits per heavy atom. The lowest BCUT2D eigenvalue weighted by Gasteiger charge is -2.10. The number of para-hydroxylation sites is 1. The van der Waals surface area contributed by atoms with Gasteiger partial charge in [0.1, 0.15) is 5.75 Å². The fourth-order valence-electron chi connectivity index (χ4n) is 2.36. The smallest absolute Gasteiger partial charge is 0.252 e. The molecule has 27 heavy (non-hydrogen) atoms. The van der Waals surface area contributed by atoms with E-state index < -0.39 is 0 Å². The lowest BCUT2D eigenvalue weighted by atomic mass is 10.0. The van der Waals surface area contributed by atoms with Crippen LogP contribution < -0.4 is 10.1 Å². The summed E-state index contributed by atoms with van der Waals surface area (Å²) in [5, 5.41) is 3.47. The molecule has 0 unspecified atom stereocenters. The van der Waals surface area contributed by atoms with Crippen LogP contribution in [0.4, 0.5) is 5.69 Å². The average Bonchev–Trinajstić information content (AvgIpc) is 2.68. The molecule has 0 spiro atoms. The van der Waals surface area contributed by atoms with Crippen LogP contribution in [0, 0.1) is 0 Å². The van der Waals surface area contributed by atoms with Crippen LogP contribution in [-0.4, -0.2) is 21.6 Å². The van der Waals surface area contributed by atoms with Crippen LogP contribution in [0.3, 0.4) is 0 Å². The summed E-state index contributed by atoms with van der Waals surface area (Å²) in [5.41, 5.74) is 2.02. The summed E-state index contributed by atoms with van der Waals surface area (Å²) in [5.74, 6) is 1.64. The van der Waals surface area contributed by atoms with Crippen molar-refractivity contribution in [1.82, 2.24) is 9.97 Å². The second-order valence-electron chi connectivity index (χ2n) is 6.20. The van der Waals surface area contributed by atoms with E-state index in [1.165, 1.54) is 17.3 Å². The van der Waals surface area contributed by atoms with Crippen molar-refractivity contribution in [2.24, 2.45) is 0 Å². The standard InChI is InChI=1S/C21H21N3O2S/c1-15(2)16-8-10-17(11-9-16)24-19(25)14-27-21-20(22-12-13-23-21)26-18-6-4-3-5-7-18/h3-13,15H,14H2,1-2H3,(H,24,25). The van der Waals surface area contributed by atoms with Gasteiger partial charge >= 0.3 is 0 Å². The summed E-state index contributed by atoms with van der Waals surface area (Å²) in [6.45, 7) is 4.28. The van der Waals surface area contributed by atoms with Crippen molar-refractivity contribution in [2.45, 2.75) is 24.8 Å². The van der Waals surface area contributed by atoms with Crippen LogP contribution >= 0.6 is 11.8 Å². The normalized spacial score (nSPS) is 10.6. The molecule has 3 rings (SSSR count). The van der Waals surface area contributed by atoms with Crippen LogP contribution in [0.25, 0.3) is 0 Å². The van der Waals surface area contributed by atoms with E-state index in [-0.39, 0.29) is 11.7 Å². The van der Waals surface area contributed by atoms with Crippen molar-refractivity contribution in [1.29, 1.82) is 0 Å². The number of nitrogens with zero attached hydrogens (tertiary/aromatic N) is 2. The number of ether oxygens (including phenoxy) is 1. The van der Waals surface area contributed by atoms with E-state index in [2.05, 4.69) is 29.1 Å². The van der Waals surface area contributed by atoms with Crippen LogP contribution in [0.1, 0.15) is 25.3 Å². The largest absolute Gasteiger partial charge is 0.437 e. The number of hydrogen-bond donors (Lipinski definition) is 1. The van der Waals surface area contributed by atoms with Crippen molar-refractivity contribution < 1.29 is 9.53 Å². The van der Waals surface area contributed by atoms with Gasteiger partial charge < -0.3 is 10.1 Å². The number of rotatable bonds is 7. The summed E-state index contributed by atoms with van der Waals surface area (Å²) in [6.07, 6.45) is 3.15. The van der Waals surface area contributed by atoms with Gasteiger partial charge in [0, 0.05) is 18.1 Å². The summed E-state index contributed by atoms with van der Waals surface area (Å²) in [4.78, 5) is 20.8. The molecule has 1 amide bonds. The van der Waals surface area contributed by atoms with Crippen molar-refractivity contribution in [3.63, 3.8) is 0 Å². The first-order valence-corrected chi connectivity index (χ1v) is 9.67. The van der Waals surface area contributed by atoms with Gasteiger partial charge in [-0.15, -0.1) is 0 Å². The molecule has 0 aliphatic rings. The number of anilines is 1. The highest BCUT2D eigenvalue weighted by molar-refractivity contribution is 8.00. The number of aromatic nitrogens is 2. The summed E-state index contributed by atoms with van der Waals surface area (Å²) >= 11 is 1.29. The molecule has 1 N–H and O–H groups in total. The Kier molecular flexibility index (Phi) is 6.44. The molecule has 0 saturated carbocycles. The van der Waals surface area contributed by atoms with Gasteiger partial charge in [0.05, 0.1) is 5.75 Å². The third-order valence-corrected chi connectivity index (χ3v) is 4.75. The quantitative estimate of drug-likeness (QED) is 0.577. The van der Waals surface area contributed by atoms with Crippen molar-refractivity contribution in [3.05, 3.63) is 72.6 Å². The van der Waals surface area contributed by atoms with E-state index in [1.54, 1.807) is 12.4 Å². The molecule has 0 aliphatic heterocycles. The number of benzene rings is 2. The van der Waals surface area contributed by atoms with Gasteiger partial charge in [-0.3, -0.25) is 4.79 Å². The Hall–Kier alpha value is -2.86. The van der Waals surface area contributed by atoms with Crippen molar-refractivity contribution in [3.8, 4) is 11.6 Å². The fourth-order valence-corrected chi connectivity index (χ4v) is 3.06. The number of nitrogens with one attached hydrogen (secondary N) is 1. The number of carbonyl (C=O) groups excluding carboxylic acids is 1. The lowest BCUT2D eigenvalue weighted by Crippen LogP contribution is -2.14. The molecule has 3 aromatic rings. The monoisotopic (exact) mass is 379 g/mol. The molecule has 2 aromatic carbocycles. The Morgan fingerprint density at radius 1 is 1.04 bits per heavy atom. The Balaban J connectivity index is 1.59. The first kappa shape index (κ1) is 18.9. The Bertz CT molecular complexity index is 883. The molecule has 0 saturated heterocycles. The molecule has 0 bridgehead atoms. The van der Waals surface area contributed by atoms with E-state index in [4.69, 9.17) is 4.74 Å².